The van der Waals surface area contributed by atoms with E-state index in [9.17, 15) is 13.2 Å². The van der Waals surface area contributed by atoms with Crippen molar-refractivity contribution in [2.45, 2.75) is 31.3 Å². The lowest BCUT2D eigenvalue weighted by Crippen LogP contribution is -2.43. The zero-order valence-electron chi connectivity index (χ0n) is 16.6. The average molecular weight is 407 g/mol. The summed E-state index contributed by atoms with van der Waals surface area (Å²) in [6, 6.07) is 6.84. The van der Waals surface area contributed by atoms with Crippen LogP contribution in [0, 0.1) is 13.8 Å². The third kappa shape index (κ3) is 4.26. The van der Waals surface area contributed by atoms with Crippen molar-refractivity contribution in [3.63, 3.8) is 0 Å². The molecule has 0 bridgehead atoms. The van der Waals surface area contributed by atoms with Crippen molar-refractivity contribution in [2.75, 3.05) is 33.9 Å². The summed E-state index contributed by atoms with van der Waals surface area (Å²) >= 11 is 0. The Morgan fingerprint density at radius 2 is 1.93 bits per heavy atom. The van der Waals surface area contributed by atoms with Crippen molar-refractivity contribution in [3.8, 4) is 0 Å². The number of carbonyl (C=O) groups is 1. The molecule has 1 amide bonds. The van der Waals surface area contributed by atoms with Crippen LogP contribution in [0.4, 0.5) is 0 Å². The van der Waals surface area contributed by atoms with E-state index in [0.29, 0.717) is 4.90 Å². The SMILES string of the molecule is Cc1cc(C)cc(S(=O)(=O)N2Cc3ccnn3[C@H](COCC(=O)N(C)C)C2)c1. The zero-order valence-corrected chi connectivity index (χ0v) is 17.4. The van der Waals surface area contributed by atoms with Gasteiger partial charge in [-0.2, -0.15) is 9.40 Å². The van der Waals surface area contributed by atoms with Crippen molar-refractivity contribution < 1.29 is 17.9 Å². The highest BCUT2D eigenvalue weighted by molar-refractivity contribution is 7.89. The maximum Gasteiger partial charge on any atom is 0.248 e. The van der Waals surface area contributed by atoms with Crippen LogP contribution in [0.5, 0.6) is 0 Å². The van der Waals surface area contributed by atoms with Gasteiger partial charge in [0.05, 0.1) is 29.8 Å². The largest absolute Gasteiger partial charge is 0.369 e. The molecule has 0 N–H and O–H groups in total. The lowest BCUT2D eigenvalue weighted by molar-refractivity contribution is -0.134. The monoisotopic (exact) mass is 406 g/mol. The topological polar surface area (TPSA) is 84.7 Å². The molecule has 1 aromatic carbocycles. The van der Waals surface area contributed by atoms with Gasteiger partial charge in [-0.25, -0.2) is 8.42 Å². The quantitative estimate of drug-likeness (QED) is 0.723. The Bertz CT molecular complexity index is 948. The first-order chi connectivity index (χ1) is 13.2. The highest BCUT2D eigenvalue weighted by Gasteiger charge is 2.34. The number of hydrogen-bond donors (Lipinski definition) is 0. The molecule has 0 aliphatic carbocycles. The van der Waals surface area contributed by atoms with Gasteiger partial charge in [0.2, 0.25) is 15.9 Å². The van der Waals surface area contributed by atoms with Gasteiger partial charge in [-0.15, -0.1) is 0 Å². The summed E-state index contributed by atoms with van der Waals surface area (Å²) in [7, 11) is -0.328. The molecule has 0 saturated carbocycles. The number of aryl methyl sites for hydroxylation is 2. The standard InChI is InChI=1S/C19H26N4O4S/c1-14-7-15(2)9-18(8-14)28(25,26)22-10-16-5-6-20-23(16)17(11-22)12-27-13-19(24)21(3)4/h5-9,17H,10-13H2,1-4H3/t17-/m0/s1. The van der Waals surface area contributed by atoms with Crippen LogP contribution in [0.1, 0.15) is 22.9 Å². The number of hydrogen-bond acceptors (Lipinski definition) is 5. The van der Waals surface area contributed by atoms with Crippen molar-refractivity contribution in [1.82, 2.24) is 19.0 Å². The summed E-state index contributed by atoms with van der Waals surface area (Å²) in [5, 5.41) is 4.31. The molecule has 28 heavy (non-hydrogen) atoms. The molecule has 0 spiro atoms. The summed E-state index contributed by atoms with van der Waals surface area (Å²) in [4.78, 5) is 13.5. The second kappa shape index (κ2) is 8.02. The van der Waals surface area contributed by atoms with Crippen molar-refractivity contribution in [3.05, 3.63) is 47.3 Å². The van der Waals surface area contributed by atoms with Crippen LogP contribution in [-0.2, 0) is 26.1 Å². The highest BCUT2D eigenvalue weighted by Crippen LogP contribution is 2.27. The molecule has 8 nitrogen and oxygen atoms in total. The van der Waals surface area contributed by atoms with E-state index < -0.39 is 10.0 Å². The van der Waals surface area contributed by atoms with Crippen molar-refractivity contribution in [1.29, 1.82) is 0 Å². The van der Waals surface area contributed by atoms with E-state index in [0.717, 1.165) is 16.8 Å². The van der Waals surface area contributed by atoms with Crippen LogP contribution in [-0.4, -0.2) is 67.2 Å². The number of sulfonamides is 1. The van der Waals surface area contributed by atoms with Crippen LogP contribution in [0.2, 0.25) is 0 Å². The first kappa shape index (κ1) is 20.5. The molecule has 1 atom stereocenters. The molecule has 0 saturated heterocycles. The van der Waals surface area contributed by atoms with Gasteiger partial charge in [-0.3, -0.25) is 9.48 Å². The maximum atomic E-state index is 13.2. The van der Waals surface area contributed by atoms with E-state index >= 15 is 0 Å². The molecule has 2 heterocycles. The second-order valence-corrected chi connectivity index (χ2v) is 9.28. The molecule has 2 aromatic rings. The molecule has 0 fully saturated rings. The van der Waals surface area contributed by atoms with Crippen LogP contribution in [0.3, 0.4) is 0 Å². The van der Waals surface area contributed by atoms with Gasteiger partial charge in [0.15, 0.2) is 0 Å². The lowest BCUT2D eigenvalue weighted by atomic mass is 10.2. The number of aromatic nitrogens is 2. The molecule has 9 heteroatoms. The summed E-state index contributed by atoms with van der Waals surface area (Å²) in [6.45, 7) is 4.41. The Kier molecular flexibility index (Phi) is 5.87. The van der Waals surface area contributed by atoms with E-state index in [4.69, 9.17) is 4.74 Å². The van der Waals surface area contributed by atoms with Crippen LogP contribution >= 0.6 is 0 Å². The summed E-state index contributed by atoms with van der Waals surface area (Å²) in [6.07, 6.45) is 1.65. The summed E-state index contributed by atoms with van der Waals surface area (Å²) in [5.41, 5.74) is 2.61. The predicted molar refractivity (Wildman–Crippen MR) is 104 cm³/mol. The third-order valence-electron chi connectivity index (χ3n) is 4.72. The summed E-state index contributed by atoms with van der Waals surface area (Å²) < 4.78 is 35.3. The number of nitrogens with zero attached hydrogens (tertiary/aromatic N) is 4. The van der Waals surface area contributed by atoms with Crippen molar-refractivity contribution >= 4 is 15.9 Å². The molecule has 0 unspecified atom stereocenters. The van der Waals surface area contributed by atoms with E-state index in [-0.39, 0.29) is 38.3 Å². The van der Waals surface area contributed by atoms with Gasteiger partial charge in [-0.1, -0.05) is 6.07 Å². The van der Waals surface area contributed by atoms with Crippen molar-refractivity contribution in [2.24, 2.45) is 0 Å². The molecule has 1 aliphatic heterocycles. The molecule has 0 radical (unpaired) electrons. The number of rotatable bonds is 6. The Balaban J connectivity index is 1.81. The summed E-state index contributed by atoms with van der Waals surface area (Å²) in [5.74, 6) is -0.142. The number of ether oxygens (including phenoxy) is 1. The minimum absolute atomic E-state index is 0.0517. The molecule has 1 aliphatic rings. The molecule has 152 valence electrons. The number of amides is 1. The zero-order chi connectivity index (χ0) is 20.5. The first-order valence-electron chi connectivity index (χ1n) is 9.07. The number of benzene rings is 1. The maximum absolute atomic E-state index is 13.2. The van der Waals surface area contributed by atoms with Crippen LogP contribution in [0.25, 0.3) is 0 Å². The average Bonchev–Trinajstić information content (AvgIpc) is 3.09. The van der Waals surface area contributed by atoms with E-state index in [1.165, 1.54) is 9.21 Å². The van der Waals surface area contributed by atoms with Gasteiger partial charge < -0.3 is 9.64 Å². The molecular weight excluding hydrogens is 380 g/mol. The van der Waals surface area contributed by atoms with Gasteiger partial charge >= 0.3 is 0 Å². The van der Waals surface area contributed by atoms with Crippen LogP contribution in [0.15, 0.2) is 35.4 Å². The minimum Gasteiger partial charge on any atom is -0.369 e. The fraction of sp³-hybridized carbons (Fsp3) is 0.474. The highest BCUT2D eigenvalue weighted by atomic mass is 32.2. The number of likely N-dealkylation sites (N-methyl/N-ethyl adjacent to an activating group) is 1. The normalized spacial score (nSPS) is 17.4. The van der Waals surface area contributed by atoms with E-state index in [1.54, 1.807) is 43.2 Å². The van der Waals surface area contributed by atoms with E-state index in [1.807, 2.05) is 19.9 Å². The lowest BCUT2D eigenvalue weighted by Gasteiger charge is -2.33. The molecule has 1 aromatic heterocycles. The van der Waals surface area contributed by atoms with Crippen LogP contribution < -0.4 is 0 Å². The second-order valence-electron chi connectivity index (χ2n) is 7.35. The van der Waals surface area contributed by atoms with E-state index in [2.05, 4.69) is 5.10 Å². The predicted octanol–water partition coefficient (Wildman–Crippen LogP) is 1.35. The molecule has 3 rings (SSSR count). The Hall–Kier alpha value is -2.23. The third-order valence-corrected chi connectivity index (χ3v) is 6.51. The fourth-order valence-corrected chi connectivity index (χ4v) is 4.94. The van der Waals surface area contributed by atoms with Gasteiger partial charge in [-0.05, 0) is 43.2 Å². The van der Waals surface area contributed by atoms with Gasteiger partial charge in [0.25, 0.3) is 0 Å². The number of carbonyl (C=O) groups excluding carboxylic acids is 1. The van der Waals surface area contributed by atoms with Gasteiger partial charge in [0, 0.05) is 26.8 Å². The Labute approximate surface area is 165 Å². The first-order valence-corrected chi connectivity index (χ1v) is 10.5. The minimum atomic E-state index is -3.65. The fourth-order valence-electron chi connectivity index (χ4n) is 3.30. The van der Waals surface area contributed by atoms with Gasteiger partial charge in [0.1, 0.15) is 6.61 Å². The number of fused-ring (bicyclic) bond motifs is 1. The smallest absolute Gasteiger partial charge is 0.248 e. The molecular formula is C19H26N4O4S. The Morgan fingerprint density at radius 1 is 1.25 bits per heavy atom. The Morgan fingerprint density at radius 3 is 2.57 bits per heavy atom.